The highest BCUT2D eigenvalue weighted by molar-refractivity contribution is 7.90. The van der Waals surface area contributed by atoms with Gasteiger partial charge >= 0.3 is 0 Å². The third-order valence-corrected chi connectivity index (χ3v) is 4.80. The predicted octanol–water partition coefficient (Wildman–Crippen LogP) is 0.815. The van der Waals surface area contributed by atoms with Gasteiger partial charge in [-0.2, -0.15) is 0 Å². The summed E-state index contributed by atoms with van der Waals surface area (Å²) in [6.07, 6.45) is -0.418. The number of likely N-dealkylation sites (tertiary alicyclic amines) is 1. The molecule has 1 heterocycles. The first kappa shape index (κ1) is 17.3. The molecule has 2 rings (SSSR count). The number of sulfone groups is 1. The van der Waals surface area contributed by atoms with Crippen LogP contribution in [0.3, 0.4) is 0 Å². The standard InChI is InChI=1S/C14H16F2N2O4S/c1-23(21,22)10-4-2-3-9(7-10)13(20)18-6-5-14(15,16)8-11(18)12(17)19/h2-4,7,11H,5-6,8H2,1H3,(H2,17,19). The summed E-state index contributed by atoms with van der Waals surface area (Å²) < 4.78 is 50.0. The number of carbonyl (C=O) groups excluding carboxylic acids is 2. The second-order valence-corrected chi connectivity index (χ2v) is 7.54. The Balaban J connectivity index is 2.34. The van der Waals surface area contributed by atoms with E-state index in [9.17, 15) is 26.8 Å². The quantitative estimate of drug-likeness (QED) is 0.876. The van der Waals surface area contributed by atoms with E-state index in [-0.39, 0.29) is 17.0 Å². The molecule has 0 aliphatic carbocycles. The van der Waals surface area contributed by atoms with E-state index < -0.39 is 46.5 Å². The lowest BCUT2D eigenvalue weighted by Gasteiger charge is -2.37. The van der Waals surface area contributed by atoms with Crippen LogP contribution < -0.4 is 5.73 Å². The molecule has 0 bridgehead atoms. The zero-order valence-corrected chi connectivity index (χ0v) is 13.1. The molecule has 126 valence electrons. The molecule has 9 heteroatoms. The topological polar surface area (TPSA) is 97.5 Å². The van der Waals surface area contributed by atoms with Crippen LogP contribution in [0.5, 0.6) is 0 Å². The van der Waals surface area contributed by atoms with Crippen molar-refractivity contribution in [3.8, 4) is 0 Å². The first-order valence-corrected chi connectivity index (χ1v) is 8.69. The summed E-state index contributed by atoms with van der Waals surface area (Å²) in [7, 11) is -3.52. The number of benzene rings is 1. The summed E-state index contributed by atoms with van der Waals surface area (Å²) in [5.74, 6) is -4.78. The average molecular weight is 346 g/mol. The molecule has 1 aliphatic heterocycles. The van der Waals surface area contributed by atoms with Crippen molar-refractivity contribution in [2.75, 3.05) is 12.8 Å². The molecule has 0 spiro atoms. The Morgan fingerprint density at radius 2 is 2.00 bits per heavy atom. The van der Waals surface area contributed by atoms with Crippen LogP contribution in [-0.4, -0.2) is 49.9 Å². The Morgan fingerprint density at radius 1 is 1.35 bits per heavy atom. The van der Waals surface area contributed by atoms with Gasteiger partial charge in [0, 0.05) is 31.2 Å². The number of halogens is 2. The molecule has 1 fully saturated rings. The van der Waals surface area contributed by atoms with Gasteiger partial charge in [-0.3, -0.25) is 9.59 Å². The van der Waals surface area contributed by atoms with E-state index in [2.05, 4.69) is 0 Å². The molecule has 0 saturated carbocycles. The predicted molar refractivity (Wildman–Crippen MR) is 77.8 cm³/mol. The zero-order valence-electron chi connectivity index (χ0n) is 12.3. The molecular formula is C14H16F2N2O4S. The van der Waals surface area contributed by atoms with Crippen LogP contribution in [0.15, 0.2) is 29.2 Å². The second-order valence-electron chi connectivity index (χ2n) is 5.53. The second kappa shape index (κ2) is 5.88. The van der Waals surface area contributed by atoms with E-state index in [4.69, 9.17) is 5.73 Å². The zero-order chi connectivity index (χ0) is 17.4. The van der Waals surface area contributed by atoms with E-state index in [1.165, 1.54) is 18.2 Å². The highest BCUT2D eigenvalue weighted by Gasteiger charge is 2.44. The van der Waals surface area contributed by atoms with Crippen LogP contribution in [-0.2, 0) is 14.6 Å². The van der Waals surface area contributed by atoms with Gasteiger partial charge in [0.15, 0.2) is 9.84 Å². The molecule has 0 radical (unpaired) electrons. The third-order valence-electron chi connectivity index (χ3n) is 3.69. The SMILES string of the molecule is CS(=O)(=O)c1cccc(C(=O)N2CCC(F)(F)CC2C(N)=O)c1. The van der Waals surface area contributed by atoms with Crippen LogP contribution in [0, 0.1) is 0 Å². The van der Waals surface area contributed by atoms with E-state index >= 15 is 0 Å². The Bertz CT molecular complexity index is 749. The molecule has 1 aliphatic rings. The fourth-order valence-electron chi connectivity index (χ4n) is 2.46. The van der Waals surface area contributed by atoms with Crippen molar-refractivity contribution in [1.82, 2.24) is 4.90 Å². The molecule has 0 aromatic heterocycles. The van der Waals surface area contributed by atoms with Gasteiger partial charge in [-0.05, 0) is 18.2 Å². The Kier molecular flexibility index (Phi) is 4.43. The minimum Gasteiger partial charge on any atom is -0.368 e. The van der Waals surface area contributed by atoms with Crippen molar-refractivity contribution in [1.29, 1.82) is 0 Å². The molecule has 1 atom stereocenters. The van der Waals surface area contributed by atoms with Crippen molar-refractivity contribution in [2.45, 2.75) is 29.7 Å². The highest BCUT2D eigenvalue weighted by Crippen LogP contribution is 2.32. The number of primary amides is 1. The number of alkyl halides is 2. The maximum atomic E-state index is 13.4. The minimum absolute atomic E-state index is 0.00407. The van der Waals surface area contributed by atoms with E-state index in [1.54, 1.807) is 0 Å². The monoisotopic (exact) mass is 346 g/mol. The van der Waals surface area contributed by atoms with Gasteiger partial charge in [0.2, 0.25) is 5.91 Å². The average Bonchev–Trinajstić information content (AvgIpc) is 2.45. The molecule has 1 aromatic carbocycles. The number of carbonyl (C=O) groups is 2. The third kappa shape index (κ3) is 3.84. The van der Waals surface area contributed by atoms with Gasteiger partial charge in [-0.25, -0.2) is 17.2 Å². The number of nitrogens with two attached hydrogens (primary N) is 1. The molecule has 1 unspecified atom stereocenters. The number of piperidine rings is 1. The minimum atomic E-state index is -3.52. The van der Waals surface area contributed by atoms with Gasteiger partial charge in [-0.15, -0.1) is 0 Å². The maximum absolute atomic E-state index is 13.4. The molecule has 2 amide bonds. The lowest BCUT2D eigenvalue weighted by Crippen LogP contribution is -2.55. The van der Waals surface area contributed by atoms with Crippen molar-refractivity contribution >= 4 is 21.7 Å². The Hall–Kier alpha value is -2.03. The summed E-state index contributed by atoms with van der Waals surface area (Å²) in [6, 6.07) is 3.79. The molecule has 1 saturated heterocycles. The Labute approximate surface area is 132 Å². The maximum Gasteiger partial charge on any atom is 0.254 e. The number of hydrogen-bond acceptors (Lipinski definition) is 4. The van der Waals surface area contributed by atoms with Gasteiger partial charge in [0.05, 0.1) is 4.90 Å². The normalized spacial score (nSPS) is 21.0. The smallest absolute Gasteiger partial charge is 0.254 e. The van der Waals surface area contributed by atoms with Crippen LogP contribution in [0.25, 0.3) is 0 Å². The van der Waals surface area contributed by atoms with Crippen molar-refractivity contribution in [3.63, 3.8) is 0 Å². The fourth-order valence-corrected chi connectivity index (χ4v) is 3.12. The lowest BCUT2D eigenvalue weighted by molar-refractivity contribution is -0.131. The van der Waals surface area contributed by atoms with Crippen LogP contribution >= 0.6 is 0 Å². The van der Waals surface area contributed by atoms with Gasteiger partial charge in [-0.1, -0.05) is 6.07 Å². The van der Waals surface area contributed by atoms with Crippen LogP contribution in [0.1, 0.15) is 23.2 Å². The van der Waals surface area contributed by atoms with Crippen molar-refractivity contribution in [2.24, 2.45) is 5.73 Å². The van der Waals surface area contributed by atoms with E-state index in [0.717, 1.165) is 17.2 Å². The van der Waals surface area contributed by atoms with Crippen molar-refractivity contribution in [3.05, 3.63) is 29.8 Å². The Morgan fingerprint density at radius 3 is 2.57 bits per heavy atom. The van der Waals surface area contributed by atoms with Crippen LogP contribution in [0.4, 0.5) is 8.78 Å². The van der Waals surface area contributed by atoms with E-state index in [0.29, 0.717) is 0 Å². The van der Waals surface area contributed by atoms with E-state index in [1.807, 2.05) is 0 Å². The van der Waals surface area contributed by atoms with Gasteiger partial charge < -0.3 is 10.6 Å². The molecule has 2 N–H and O–H groups in total. The summed E-state index contributed by atoms with van der Waals surface area (Å²) >= 11 is 0. The fraction of sp³-hybridized carbons (Fsp3) is 0.429. The highest BCUT2D eigenvalue weighted by atomic mass is 32.2. The number of hydrogen-bond donors (Lipinski definition) is 1. The summed E-state index contributed by atoms with van der Waals surface area (Å²) in [5.41, 5.74) is 5.14. The van der Waals surface area contributed by atoms with Crippen LogP contribution in [0.2, 0.25) is 0 Å². The molecule has 23 heavy (non-hydrogen) atoms. The largest absolute Gasteiger partial charge is 0.368 e. The molecule has 6 nitrogen and oxygen atoms in total. The van der Waals surface area contributed by atoms with Crippen molar-refractivity contribution < 1.29 is 26.8 Å². The lowest BCUT2D eigenvalue weighted by atomic mass is 9.97. The summed E-state index contributed by atoms with van der Waals surface area (Å²) in [5, 5.41) is 0. The molecule has 1 aromatic rings. The van der Waals surface area contributed by atoms with Gasteiger partial charge in [0.1, 0.15) is 6.04 Å². The first-order valence-electron chi connectivity index (χ1n) is 6.79. The first-order chi connectivity index (χ1) is 10.5. The number of amides is 2. The number of rotatable bonds is 3. The summed E-state index contributed by atoms with van der Waals surface area (Å²) in [4.78, 5) is 24.8. The summed E-state index contributed by atoms with van der Waals surface area (Å²) in [6.45, 7) is -0.331. The number of nitrogens with zero attached hydrogens (tertiary/aromatic N) is 1. The van der Waals surface area contributed by atoms with Gasteiger partial charge in [0.25, 0.3) is 11.8 Å². The molecular weight excluding hydrogens is 330 g/mol.